The number of nitrogens with zero attached hydrogens (tertiary/aromatic N) is 1. The summed E-state index contributed by atoms with van der Waals surface area (Å²) in [7, 11) is 0. The molecule has 2 aromatic rings. The van der Waals surface area contributed by atoms with Gasteiger partial charge in [0.25, 0.3) is 11.5 Å². The summed E-state index contributed by atoms with van der Waals surface area (Å²) in [4.78, 5) is 55.8. The summed E-state index contributed by atoms with van der Waals surface area (Å²) in [6.45, 7) is 3.80. The van der Waals surface area contributed by atoms with Crippen LogP contribution >= 0.6 is 0 Å². The van der Waals surface area contributed by atoms with Crippen molar-refractivity contribution in [3.63, 3.8) is 0 Å². The number of benzene rings is 1. The molecule has 0 fully saturated rings. The van der Waals surface area contributed by atoms with Crippen molar-refractivity contribution in [1.29, 1.82) is 0 Å². The van der Waals surface area contributed by atoms with E-state index in [1.54, 1.807) is 26.0 Å². The van der Waals surface area contributed by atoms with Crippen LogP contribution < -0.4 is 16.6 Å². The van der Waals surface area contributed by atoms with Crippen molar-refractivity contribution in [2.45, 2.75) is 70.8 Å². The number of hydrogen-bond acceptors (Lipinski definition) is 8. The standard InChI is InChI=1S/C26H34N4O6/c1-3-35-21(31)15-14-20(25(34)36-4-2)28-23(32)18-10-8-16(9-11-18)6-5-7-17-12-13-19-22(17)24(33)30-26(27)29-19/h8-11,17,20H,3-7,12-15H2,1-2H3,(H,28,32)(H3,27,29,30,33)/t17?,20-/m0/s1. The second-order valence-corrected chi connectivity index (χ2v) is 8.76. The first-order chi connectivity index (χ1) is 17.3. The van der Waals surface area contributed by atoms with E-state index >= 15 is 0 Å². The Balaban J connectivity index is 1.53. The maximum atomic E-state index is 12.7. The molecule has 0 aliphatic heterocycles. The Morgan fingerprint density at radius 2 is 1.89 bits per heavy atom. The molecule has 1 aliphatic carbocycles. The lowest BCUT2D eigenvalue weighted by Crippen LogP contribution is -2.42. The Labute approximate surface area is 210 Å². The van der Waals surface area contributed by atoms with Gasteiger partial charge in [-0.15, -0.1) is 0 Å². The Bertz CT molecular complexity index is 1130. The minimum absolute atomic E-state index is 0.00266. The molecule has 1 unspecified atom stereocenters. The highest BCUT2D eigenvalue weighted by Gasteiger charge is 2.27. The molecule has 4 N–H and O–H groups in total. The summed E-state index contributed by atoms with van der Waals surface area (Å²) >= 11 is 0. The molecule has 0 spiro atoms. The number of aryl methyl sites for hydroxylation is 2. The van der Waals surface area contributed by atoms with Gasteiger partial charge in [0.05, 0.1) is 18.9 Å². The van der Waals surface area contributed by atoms with Crippen LogP contribution in [0.2, 0.25) is 0 Å². The first-order valence-corrected chi connectivity index (χ1v) is 12.4. The van der Waals surface area contributed by atoms with Crippen molar-refractivity contribution in [3.05, 3.63) is 57.0 Å². The molecular weight excluding hydrogens is 464 g/mol. The monoisotopic (exact) mass is 498 g/mol. The molecule has 1 amide bonds. The van der Waals surface area contributed by atoms with E-state index < -0.39 is 23.9 Å². The van der Waals surface area contributed by atoms with Gasteiger partial charge < -0.3 is 20.5 Å². The highest BCUT2D eigenvalue weighted by Crippen LogP contribution is 2.33. The third-order valence-corrected chi connectivity index (χ3v) is 6.24. The molecule has 10 heteroatoms. The number of nitrogens with two attached hydrogens (primary N) is 1. The van der Waals surface area contributed by atoms with Gasteiger partial charge in [-0.05, 0) is 76.0 Å². The van der Waals surface area contributed by atoms with Crippen molar-refractivity contribution in [2.75, 3.05) is 18.9 Å². The van der Waals surface area contributed by atoms with Crippen LogP contribution in [0.15, 0.2) is 29.1 Å². The summed E-state index contributed by atoms with van der Waals surface area (Å²) in [5.74, 6) is -1.10. The molecule has 194 valence electrons. The number of carbonyl (C=O) groups excluding carboxylic acids is 3. The van der Waals surface area contributed by atoms with Gasteiger partial charge in [0.1, 0.15) is 6.04 Å². The van der Waals surface area contributed by atoms with Crippen LogP contribution in [0.25, 0.3) is 0 Å². The molecule has 1 heterocycles. The average Bonchev–Trinajstić information content (AvgIpc) is 3.25. The number of fused-ring (bicyclic) bond motifs is 1. The fourth-order valence-electron chi connectivity index (χ4n) is 4.51. The predicted octanol–water partition coefficient (Wildman–Crippen LogP) is 2.41. The summed E-state index contributed by atoms with van der Waals surface area (Å²) in [5.41, 5.74) is 8.54. The van der Waals surface area contributed by atoms with E-state index in [-0.39, 0.29) is 43.5 Å². The van der Waals surface area contributed by atoms with Crippen LogP contribution in [-0.4, -0.2) is 47.1 Å². The summed E-state index contributed by atoms with van der Waals surface area (Å²) in [6.07, 6.45) is 4.31. The van der Waals surface area contributed by atoms with E-state index in [1.807, 2.05) is 12.1 Å². The van der Waals surface area contributed by atoms with Gasteiger partial charge in [0.2, 0.25) is 5.95 Å². The zero-order valence-electron chi connectivity index (χ0n) is 20.8. The first-order valence-electron chi connectivity index (χ1n) is 12.4. The van der Waals surface area contributed by atoms with E-state index in [0.29, 0.717) is 5.56 Å². The Kier molecular flexibility index (Phi) is 9.61. The van der Waals surface area contributed by atoms with Crippen molar-refractivity contribution >= 4 is 23.8 Å². The number of nitrogens with one attached hydrogen (secondary N) is 2. The predicted molar refractivity (Wildman–Crippen MR) is 133 cm³/mol. The number of amides is 1. The smallest absolute Gasteiger partial charge is 0.328 e. The largest absolute Gasteiger partial charge is 0.466 e. The molecule has 3 rings (SSSR count). The number of esters is 2. The third-order valence-electron chi connectivity index (χ3n) is 6.24. The molecule has 0 saturated carbocycles. The zero-order valence-corrected chi connectivity index (χ0v) is 20.8. The topological polar surface area (TPSA) is 153 Å². The molecule has 0 bridgehead atoms. The van der Waals surface area contributed by atoms with Gasteiger partial charge >= 0.3 is 11.9 Å². The van der Waals surface area contributed by atoms with E-state index in [2.05, 4.69) is 15.3 Å². The van der Waals surface area contributed by atoms with Gasteiger partial charge in [-0.2, -0.15) is 0 Å². The van der Waals surface area contributed by atoms with Crippen LogP contribution in [0, 0.1) is 0 Å². The number of hydrogen-bond donors (Lipinski definition) is 3. The molecule has 36 heavy (non-hydrogen) atoms. The number of rotatable bonds is 12. The SMILES string of the molecule is CCOC(=O)CC[C@H](NC(=O)c1ccc(CCCC2CCc3nc(N)[nH]c(=O)c32)cc1)C(=O)OCC. The second kappa shape index (κ2) is 12.9. The molecule has 2 atom stereocenters. The summed E-state index contributed by atoms with van der Waals surface area (Å²) in [6, 6.07) is 6.24. The van der Waals surface area contributed by atoms with Crippen LogP contribution in [0.5, 0.6) is 0 Å². The molecule has 1 aromatic heterocycles. The number of aromatic nitrogens is 2. The van der Waals surface area contributed by atoms with Crippen LogP contribution in [0.1, 0.15) is 79.0 Å². The number of ether oxygens (including phenoxy) is 2. The minimum atomic E-state index is -0.941. The number of nitrogen functional groups attached to an aromatic ring is 1. The van der Waals surface area contributed by atoms with Crippen LogP contribution in [-0.2, 0) is 31.9 Å². The van der Waals surface area contributed by atoms with E-state index in [1.165, 1.54) is 0 Å². The fourth-order valence-corrected chi connectivity index (χ4v) is 4.51. The van der Waals surface area contributed by atoms with Crippen molar-refractivity contribution < 1.29 is 23.9 Å². The summed E-state index contributed by atoms with van der Waals surface area (Å²) < 4.78 is 9.93. The number of anilines is 1. The van der Waals surface area contributed by atoms with Gasteiger partial charge in [0.15, 0.2) is 0 Å². The zero-order chi connectivity index (χ0) is 26.1. The molecular formula is C26H34N4O6. The highest BCUT2D eigenvalue weighted by atomic mass is 16.5. The number of H-pyrrole nitrogens is 1. The third kappa shape index (κ3) is 7.16. The number of carbonyl (C=O) groups is 3. The van der Waals surface area contributed by atoms with Crippen LogP contribution in [0.4, 0.5) is 5.95 Å². The van der Waals surface area contributed by atoms with E-state index in [4.69, 9.17) is 15.2 Å². The quantitative estimate of drug-likeness (QED) is 0.377. The minimum Gasteiger partial charge on any atom is -0.466 e. The Hall–Kier alpha value is -3.69. The van der Waals surface area contributed by atoms with Crippen molar-refractivity contribution in [1.82, 2.24) is 15.3 Å². The molecule has 1 aromatic carbocycles. The van der Waals surface area contributed by atoms with Crippen LogP contribution in [0.3, 0.4) is 0 Å². The lowest BCUT2D eigenvalue weighted by atomic mass is 9.95. The second-order valence-electron chi connectivity index (χ2n) is 8.76. The first kappa shape index (κ1) is 26.9. The molecule has 1 aliphatic rings. The maximum Gasteiger partial charge on any atom is 0.328 e. The molecule has 10 nitrogen and oxygen atoms in total. The Morgan fingerprint density at radius 3 is 2.58 bits per heavy atom. The lowest BCUT2D eigenvalue weighted by molar-refractivity contribution is -0.146. The van der Waals surface area contributed by atoms with Gasteiger partial charge in [0, 0.05) is 17.5 Å². The van der Waals surface area contributed by atoms with E-state index in [9.17, 15) is 19.2 Å². The maximum absolute atomic E-state index is 12.7. The molecule has 0 radical (unpaired) electrons. The number of aromatic amines is 1. The van der Waals surface area contributed by atoms with Crippen molar-refractivity contribution in [2.24, 2.45) is 0 Å². The normalized spacial score (nSPS) is 15.1. The average molecular weight is 499 g/mol. The van der Waals surface area contributed by atoms with Gasteiger partial charge in [-0.3, -0.25) is 19.4 Å². The summed E-state index contributed by atoms with van der Waals surface area (Å²) in [5, 5.41) is 2.67. The fraction of sp³-hybridized carbons (Fsp3) is 0.500. The van der Waals surface area contributed by atoms with Gasteiger partial charge in [-0.1, -0.05) is 12.1 Å². The lowest BCUT2D eigenvalue weighted by Gasteiger charge is -2.17. The highest BCUT2D eigenvalue weighted by molar-refractivity contribution is 5.96. The Morgan fingerprint density at radius 1 is 1.17 bits per heavy atom. The van der Waals surface area contributed by atoms with Crippen molar-refractivity contribution in [3.8, 4) is 0 Å². The van der Waals surface area contributed by atoms with Gasteiger partial charge in [-0.25, -0.2) is 9.78 Å². The van der Waals surface area contributed by atoms with E-state index in [0.717, 1.165) is 48.9 Å². The molecule has 0 saturated heterocycles.